The molecule has 0 atom stereocenters. The third kappa shape index (κ3) is 6.87. The zero-order valence-corrected chi connectivity index (χ0v) is 24.6. The number of nitrogens with zero attached hydrogens (tertiary/aromatic N) is 3. The number of rotatable bonds is 12. The number of ether oxygens (including phenoxy) is 1. The summed E-state index contributed by atoms with van der Waals surface area (Å²) in [7, 11) is -3.70. The van der Waals surface area contributed by atoms with Crippen LogP contribution in [0.5, 0.6) is 5.75 Å². The number of aromatic nitrogens is 1. The standard InChI is InChI=1S/C29H35N3O5S2/c1-6-36-23-11-14-26-27(16-23)38-29(30-26)32(19-24-8-7-15-37-24)28(33)22-9-12-25(13-10-22)39(34,35)31(17-20(2)3)18-21(4)5/h7-16,20-21H,6,17-19H2,1-5H3. The van der Waals surface area contributed by atoms with Crippen molar-refractivity contribution in [3.8, 4) is 5.75 Å². The van der Waals surface area contributed by atoms with E-state index < -0.39 is 10.0 Å². The van der Waals surface area contributed by atoms with Crippen LogP contribution in [-0.2, 0) is 16.6 Å². The molecule has 2 heterocycles. The van der Waals surface area contributed by atoms with Crippen LogP contribution in [0.15, 0.2) is 70.2 Å². The Labute approximate surface area is 234 Å². The van der Waals surface area contributed by atoms with Crippen LogP contribution in [0.25, 0.3) is 10.2 Å². The van der Waals surface area contributed by atoms with Crippen LogP contribution in [-0.4, -0.2) is 43.3 Å². The Morgan fingerprint density at radius 3 is 2.31 bits per heavy atom. The number of anilines is 1. The number of carbonyl (C=O) groups is 1. The first-order valence-electron chi connectivity index (χ1n) is 13.1. The largest absolute Gasteiger partial charge is 0.494 e. The van der Waals surface area contributed by atoms with Crippen molar-refractivity contribution >= 4 is 42.6 Å². The van der Waals surface area contributed by atoms with Crippen molar-refractivity contribution in [2.24, 2.45) is 11.8 Å². The summed E-state index contributed by atoms with van der Waals surface area (Å²) >= 11 is 1.38. The van der Waals surface area contributed by atoms with Crippen molar-refractivity contribution in [2.45, 2.75) is 46.1 Å². The average molecular weight is 570 g/mol. The number of amides is 1. The molecule has 208 valence electrons. The summed E-state index contributed by atoms with van der Waals surface area (Å²) in [6.45, 7) is 11.5. The first kappa shape index (κ1) is 28.8. The molecule has 0 aliphatic heterocycles. The van der Waals surface area contributed by atoms with Crippen LogP contribution < -0.4 is 9.64 Å². The van der Waals surface area contributed by atoms with Gasteiger partial charge in [0.05, 0.1) is 34.5 Å². The molecule has 8 nitrogen and oxygen atoms in total. The first-order chi connectivity index (χ1) is 18.6. The lowest BCUT2D eigenvalue weighted by molar-refractivity contribution is 0.0983. The van der Waals surface area contributed by atoms with Crippen LogP contribution >= 0.6 is 11.3 Å². The summed E-state index contributed by atoms with van der Waals surface area (Å²) in [4.78, 5) is 20.2. The number of sulfonamides is 1. The van der Waals surface area contributed by atoms with E-state index in [1.807, 2.05) is 52.8 Å². The van der Waals surface area contributed by atoms with Gasteiger partial charge in [-0.2, -0.15) is 4.31 Å². The van der Waals surface area contributed by atoms with Gasteiger partial charge in [0.2, 0.25) is 10.0 Å². The fourth-order valence-corrected chi connectivity index (χ4v) is 6.97. The second kappa shape index (κ2) is 12.3. The van der Waals surface area contributed by atoms with Crippen molar-refractivity contribution in [3.63, 3.8) is 0 Å². The second-order valence-electron chi connectivity index (χ2n) is 10.2. The van der Waals surface area contributed by atoms with Gasteiger partial charge >= 0.3 is 0 Å². The number of thiazole rings is 1. The summed E-state index contributed by atoms with van der Waals surface area (Å²) < 4.78 is 40.4. The molecule has 0 saturated heterocycles. The van der Waals surface area contributed by atoms with Gasteiger partial charge in [-0.15, -0.1) is 0 Å². The molecule has 0 N–H and O–H groups in total. The number of hydrogen-bond acceptors (Lipinski definition) is 7. The number of furan rings is 1. The summed E-state index contributed by atoms with van der Waals surface area (Å²) in [6.07, 6.45) is 1.56. The molecule has 4 rings (SSSR count). The third-order valence-corrected chi connectivity index (χ3v) is 8.79. The smallest absolute Gasteiger partial charge is 0.260 e. The molecule has 0 bridgehead atoms. The third-order valence-electron chi connectivity index (χ3n) is 5.91. The van der Waals surface area contributed by atoms with Crippen molar-refractivity contribution in [1.29, 1.82) is 0 Å². The highest BCUT2D eigenvalue weighted by Gasteiger charge is 2.27. The molecule has 10 heteroatoms. The van der Waals surface area contributed by atoms with Crippen molar-refractivity contribution in [1.82, 2.24) is 9.29 Å². The van der Waals surface area contributed by atoms with E-state index in [4.69, 9.17) is 14.1 Å². The van der Waals surface area contributed by atoms with Crippen molar-refractivity contribution in [2.75, 3.05) is 24.6 Å². The lowest BCUT2D eigenvalue weighted by Gasteiger charge is -2.25. The minimum Gasteiger partial charge on any atom is -0.494 e. The molecule has 4 aromatic rings. The summed E-state index contributed by atoms with van der Waals surface area (Å²) in [5, 5.41) is 0.511. The SMILES string of the molecule is CCOc1ccc2nc(N(Cc3ccco3)C(=O)c3ccc(S(=O)(=O)N(CC(C)C)CC(C)C)cc3)sc2c1. The van der Waals surface area contributed by atoms with Crippen LogP contribution in [0.4, 0.5) is 5.13 Å². The highest BCUT2D eigenvalue weighted by Crippen LogP contribution is 2.33. The normalized spacial score (nSPS) is 12.1. The molecule has 0 spiro atoms. The van der Waals surface area contributed by atoms with E-state index in [0.29, 0.717) is 36.2 Å². The van der Waals surface area contributed by atoms with Gasteiger partial charge in [0, 0.05) is 18.7 Å². The Hall–Kier alpha value is -3.21. The molecular weight excluding hydrogens is 534 g/mol. The van der Waals surface area contributed by atoms with Gasteiger partial charge in [-0.25, -0.2) is 13.4 Å². The van der Waals surface area contributed by atoms with E-state index in [9.17, 15) is 13.2 Å². The molecule has 1 amide bonds. The molecular formula is C29H35N3O5S2. The van der Waals surface area contributed by atoms with E-state index >= 15 is 0 Å². The molecule has 0 radical (unpaired) electrons. The first-order valence-corrected chi connectivity index (χ1v) is 15.3. The summed E-state index contributed by atoms with van der Waals surface area (Å²) in [5.74, 6) is 1.42. The quantitative estimate of drug-likeness (QED) is 0.195. The fraction of sp³-hybridized carbons (Fsp3) is 0.379. The lowest BCUT2D eigenvalue weighted by Crippen LogP contribution is -2.37. The minimum absolute atomic E-state index is 0.168. The van der Waals surface area contributed by atoms with Crippen LogP contribution in [0.3, 0.4) is 0 Å². The van der Waals surface area contributed by atoms with E-state index in [2.05, 4.69) is 0 Å². The topological polar surface area (TPSA) is 93.0 Å². The van der Waals surface area contributed by atoms with Crippen LogP contribution in [0.1, 0.15) is 50.7 Å². The maximum Gasteiger partial charge on any atom is 0.260 e. The van der Waals surface area contributed by atoms with Crippen molar-refractivity contribution in [3.05, 3.63) is 72.2 Å². The van der Waals surface area contributed by atoms with Gasteiger partial charge in [-0.05, 0) is 73.4 Å². The minimum atomic E-state index is -3.70. The molecule has 0 saturated carbocycles. The maximum absolute atomic E-state index is 13.8. The van der Waals surface area contributed by atoms with Gasteiger partial charge in [-0.1, -0.05) is 39.0 Å². The Morgan fingerprint density at radius 1 is 1.03 bits per heavy atom. The predicted octanol–water partition coefficient (Wildman–Crippen LogP) is 6.44. The van der Waals surface area contributed by atoms with Crippen molar-refractivity contribution < 1.29 is 22.4 Å². The molecule has 2 aromatic heterocycles. The Morgan fingerprint density at radius 2 is 1.72 bits per heavy atom. The van der Waals surface area contributed by atoms with E-state index in [1.54, 1.807) is 35.4 Å². The number of fused-ring (bicyclic) bond motifs is 1. The van der Waals surface area contributed by atoms with Gasteiger partial charge < -0.3 is 9.15 Å². The number of hydrogen-bond donors (Lipinski definition) is 0. The van der Waals surface area contributed by atoms with Crippen LogP contribution in [0.2, 0.25) is 0 Å². The average Bonchev–Trinajstić information content (AvgIpc) is 3.56. The predicted molar refractivity (Wildman–Crippen MR) is 155 cm³/mol. The molecule has 0 aliphatic rings. The molecule has 2 aromatic carbocycles. The summed E-state index contributed by atoms with van der Waals surface area (Å²) in [5.41, 5.74) is 1.11. The van der Waals surface area contributed by atoms with Gasteiger partial charge in [-0.3, -0.25) is 9.69 Å². The van der Waals surface area contributed by atoms with E-state index in [0.717, 1.165) is 16.0 Å². The van der Waals surface area contributed by atoms with Gasteiger partial charge in [0.25, 0.3) is 5.91 Å². The highest BCUT2D eigenvalue weighted by molar-refractivity contribution is 7.89. The van der Waals surface area contributed by atoms with Crippen LogP contribution in [0, 0.1) is 11.8 Å². The van der Waals surface area contributed by atoms with E-state index in [1.165, 1.54) is 27.8 Å². The zero-order chi connectivity index (χ0) is 28.2. The van der Waals surface area contributed by atoms with Gasteiger partial charge in [0.15, 0.2) is 5.13 Å². The number of carbonyl (C=O) groups excluding carboxylic acids is 1. The number of benzene rings is 2. The second-order valence-corrected chi connectivity index (χ2v) is 13.1. The highest BCUT2D eigenvalue weighted by atomic mass is 32.2. The lowest BCUT2D eigenvalue weighted by atomic mass is 10.2. The maximum atomic E-state index is 13.8. The Balaban J connectivity index is 1.65. The van der Waals surface area contributed by atoms with E-state index in [-0.39, 0.29) is 29.2 Å². The zero-order valence-electron chi connectivity index (χ0n) is 23.0. The fourth-order valence-electron chi connectivity index (χ4n) is 4.21. The monoisotopic (exact) mass is 569 g/mol. The van der Waals surface area contributed by atoms with Gasteiger partial charge in [0.1, 0.15) is 11.5 Å². The summed E-state index contributed by atoms with van der Waals surface area (Å²) in [6, 6.07) is 15.3. The Bertz CT molecular complexity index is 1480. The Kier molecular flexibility index (Phi) is 9.09. The molecule has 0 fully saturated rings. The molecule has 0 aliphatic carbocycles. The molecule has 0 unspecified atom stereocenters. The molecule has 39 heavy (non-hydrogen) atoms.